The molecule has 2 N–H and O–H groups in total. The molecule has 1 heterocycles. The van der Waals surface area contributed by atoms with E-state index in [-0.39, 0.29) is 5.54 Å². The van der Waals surface area contributed by atoms with Gasteiger partial charge in [0.2, 0.25) is 0 Å². The van der Waals surface area contributed by atoms with Crippen LogP contribution in [0.25, 0.3) is 0 Å². The van der Waals surface area contributed by atoms with Crippen LogP contribution in [0.15, 0.2) is 0 Å². The van der Waals surface area contributed by atoms with E-state index in [4.69, 9.17) is 5.73 Å². The molecule has 60 valence electrons. The van der Waals surface area contributed by atoms with Gasteiger partial charge in [-0.3, -0.25) is 4.68 Å². The summed E-state index contributed by atoms with van der Waals surface area (Å²) in [5.74, 6) is 1.73. The van der Waals surface area contributed by atoms with Crippen LogP contribution in [0.2, 0.25) is 0 Å². The smallest absolute Gasteiger partial charge is 0.147 e. The number of nitrogens with zero attached hydrogens (tertiary/aromatic N) is 3. The molecule has 0 bridgehead atoms. The molecule has 1 fully saturated rings. The summed E-state index contributed by atoms with van der Waals surface area (Å²) in [5, 5.41) is 4.14. The van der Waals surface area contributed by atoms with Gasteiger partial charge in [0.1, 0.15) is 11.6 Å². The van der Waals surface area contributed by atoms with Crippen LogP contribution in [-0.2, 0) is 12.6 Å². The van der Waals surface area contributed by atoms with Gasteiger partial charge in [-0.15, -0.1) is 0 Å². The number of aryl methyl sites for hydroxylation is 2. The molecule has 4 heteroatoms. The van der Waals surface area contributed by atoms with Gasteiger partial charge >= 0.3 is 0 Å². The maximum absolute atomic E-state index is 5.96. The molecule has 0 radical (unpaired) electrons. The van der Waals surface area contributed by atoms with Crippen molar-refractivity contribution in [3.8, 4) is 0 Å². The Bertz CT molecular complexity index is 285. The Kier molecular flexibility index (Phi) is 1.12. The minimum Gasteiger partial charge on any atom is -0.319 e. The van der Waals surface area contributed by atoms with Gasteiger partial charge < -0.3 is 5.73 Å². The number of rotatable bonds is 1. The summed E-state index contributed by atoms with van der Waals surface area (Å²) in [4.78, 5) is 4.27. The van der Waals surface area contributed by atoms with E-state index >= 15 is 0 Å². The Hall–Kier alpha value is -0.900. The fourth-order valence-corrected chi connectivity index (χ4v) is 1.30. The summed E-state index contributed by atoms with van der Waals surface area (Å²) < 4.78 is 1.78. The zero-order valence-electron chi connectivity index (χ0n) is 6.83. The molecule has 4 nitrogen and oxygen atoms in total. The maximum atomic E-state index is 5.96. The fourth-order valence-electron chi connectivity index (χ4n) is 1.30. The minimum absolute atomic E-state index is 0.157. The van der Waals surface area contributed by atoms with Crippen LogP contribution < -0.4 is 5.73 Å². The van der Waals surface area contributed by atoms with Gasteiger partial charge in [-0.2, -0.15) is 5.10 Å². The third-order valence-corrected chi connectivity index (χ3v) is 2.10. The second-order valence-corrected chi connectivity index (χ2v) is 3.26. The second kappa shape index (κ2) is 1.82. The van der Waals surface area contributed by atoms with Crippen LogP contribution in [-0.4, -0.2) is 14.8 Å². The zero-order valence-corrected chi connectivity index (χ0v) is 6.83. The van der Waals surface area contributed by atoms with Crippen LogP contribution in [0.1, 0.15) is 24.5 Å². The van der Waals surface area contributed by atoms with Gasteiger partial charge in [-0.05, 0) is 19.8 Å². The first kappa shape index (κ1) is 6.79. The number of hydrogen-bond acceptors (Lipinski definition) is 3. The molecule has 1 saturated carbocycles. The molecular weight excluding hydrogens is 140 g/mol. The van der Waals surface area contributed by atoms with E-state index in [0.717, 1.165) is 24.5 Å². The van der Waals surface area contributed by atoms with Crippen molar-refractivity contribution in [1.82, 2.24) is 14.8 Å². The van der Waals surface area contributed by atoms with Gasteiger partial charge in [0.25, 0.3) is 0 Å². The summed E-state index contributed by atoms with van der Waals surface area (Å²) in [7, 11) is 1.89. The van der Waals surface area contributed by atoms with E-state index in [0.29, 0.717) is 0 Å². The zero-order chi connectivity index (χ0) is 8.06. The number of aromatic nitrogens is 3. The highest BCUT2D eigenvalue weighted by Crippen LogP contribution is 2.41. The Morgan fingerprint density at radius 1 is 1.55 bits per heavy atom. The van der Waals surface area contributed by atoms with Crippen LogP contribution in [0.3, 0.4) is 0 Å². The minimum atomic E-state index is -0.157. The van der Waals surface area contributed by atoms with Crippen LogP contribution in [0.4, 0.5) is 0 Å². The van der Waals surface area contributed by atoms with E-state index in [1.807, 2.05) is 14.0 Å². The lowest BCUT2D eigenvalue weighted by Crippen LogP contribution is -2.23. The van der Waals surface area contributed by atoms with E-state index in [2.05, 4.69) is 10.1 Å². The highest BCUT2D eigenvalue weighted by atomic mass is 15.3. The average Bonchev–Trinajstić information content (AvgIpc) is 2.55. The molecule has 1 aliphatic carbocycles. The van der Waals surface area contributed by atoms with E-state index < -0.39 is 0 Å². The van der Waals surface area contributed by atoms with Gasteiger partial charge in [-0.25, -0.2) is 4.98 Å². The van der Waals surface area contributed by atoms with E-state index in [1.54, 1.807) is 4.68 Å². The molecule has 0 aliphatic heterocycles. The maximum Gasteiger partial charge on any atom is 0.147 e. The molecule has 1 aromatic heterocycles. The molecule has 0 atom stereocenters. The summed E-state index contributed by atoms with van der Waals surface area (Å²) in [6.07, 6.45) is 2.08. The summed E-state index contributed by atoms with van der Waals surface area (Å²) in [6, 6.07) is 0. The standard InChI is InChI=1S/C7H12N4/c1-5-9-6(11(2)10-5)7(8)3-4-7/h3-4,8H2,1-2H3. The lowest BCUT2D eigenvalue weighted by molar-refractivity contribution is 0.597. The largest absolute Gasteiger partial charge is 0.319 e. The molecule has 0 unspecified atom stereocenters. The van der Waals surface area contributed by atoms with E-state index in [1.165, 1.54) is 0 Å². The van der Waals surface area contributed by atoms with Crippen LogP contribution in [0.5, 0.6) is 0 Å². The fraction of sp³-hybridized carbons (Fsp3) is 0.714. The van der Waals surface area contributed by atoms with Crippen LogP contribution in [0, 0.1) is 6.92 Å². The van der Waals surface area contributed by atoms with Gasteiger partial charge in [0.15, 0.2) is 0 Å². The predicted octanol–water partition coefficient (Wildman–Crippen LogP) is 0.0713. The van der Waals surface area contributed by atoms with E-state index in [9.17, 15) is 0 Å². The first-order valence-electron chi connectivity index (χ1n) is 3.79. The Labute approximate surface area is 65.4 Å². The molecule has 1 aliphatic rings. The second-order valence-electron chi connectivity index (χ2n) is 3.26. The van der Waals surface area contributed by atoms with Gasteiger partial charge in [0.05, 0.1) is 5.54 Å². The van der Waals surface area contributed by atoms with Crippen molar-refractivity contribution in [2.45, 2.75) is 25.3 Å². The first-order chi connectivity index (χ1) is 5.12. The lowest BCUT2D eigenvalue weighted by atomic mass is 10.3. The molecular formula is C7H12N4. The van der Waals surface area contributed by atoms with Crippen molar-refractivity contribution >= 4 is 0 Å². The molecule has 1 aromatic rings. The van der Waals surface area contributed by atoms with Crippen molar-refractivity contribution < 1.29 is 0 Å². The average molecular weight is 152 g/mol. The van der Waals surface area contributed by atoms with Crippen molar-refractivity contribution in [1.29, 1.82) is 0 Å². The monoisotopic (exact) mass is 152 g/mol. The topological polar surface area (TPSA) is 56.7 Å². The molecule has 0 aromatic carbocycles. The molecule has 11 heavy (non-hydrogen) atoms. The predicted molar refractivity (Wildman–Crippen MR) is 40.8 cm³/mol. The highest BCUT2D eigenvalue weighted by molar-refractivity contribution is 5.15. The highest BCUT2D eigenvalue weighted by Gasteiger charge is 2.44. The first-order valence-corrected chi connectivity index (χ1v) is 3.79. The molecule has 0 spiro atoms. The summed E-state index contributed by atoms with van der Waals surface area (Å²) in [6.45, 7) is 1.88. The molecule has 0 saturated heterocycles. The van der Waals surface area contributed by atoms with Crippen molar-refractivity contribution in [2.24, 2.45) is 12.8 Å². The van der Waals surface area contributed by atoms with Crippen molar-refractivity contribution in [3.05, 3.63) is 11.6 Å². The lowest BCUT2D eigenvalue weighted by Gasteiger charge is -2.05. The quantitative estimate of drug-likeness (QED) is 0.619. The third kappa shape index (κ3) is 0.939. The van der Waals surface area contributed by atoms with Crippen LogP contribution >= 0.6 is 0 Å². The Morgan fingerprint density at radius 2 is 2.18 bits per heavy atom. The summed E-state index contributed by atoms with van der Waals surface area (Å²) >= 11 is 0. The summed E-state index contributed by atoms with van der Waals surface area (Å²) in [5.41, 5.74) is 5.80. The molecule has 2 rings (SSSR count). The van der Waals surface area contributed by atoms with Gasteiger partial charge in [0, 0.05) is 7.05 Å². The molecule has 0 amide bonds. The number of nitrogens with two attached hydrogens (primary N) is 1. The van der Waals surface area contributed by atoms with Gasteiger partial charge in [-0.1, -0.05) is 0 Å². The SMILES string of the molecule is Cc1nc(C2(N)CC2)n(C)n1. The third-order valence-electron chi connectivity index (χ3n) is 2.10. The Balaban J connectivity index is 2.44. The number of hydrogen-bond donors (Lipinski definition) is 1. The Morgan fingerprint density at radius 3 is 2.55 bits per heavy atom. The van der Waals surface area contributed by atoms with Crippen molar-refractivity contribution in [2.75, 3.05) is 0 Å². The van der Waals surface area contributed by atoms with Crippen molar-refractivity contribution in [3.63, 3.8) is 0 Å². The normalized spacial score (nSPS) is 20.3.